The smallest absolute Gasteiger partial charge is 0.261 e. The summed E-state index contributed by atoms with van der Waals surface area (Å²) in [7, 11) is 4.15. The van der Waals surface area contributed by atoms with E-state index in [4.69, 9.17) is 4.98 Å². The molecule has 180 valence electrons. The predicted octanol–water partition coefficient (Wildman–Crippen LogP) is 3.38. The molecule has 34 heavy (non-hydrogen) atoms. The van der Waals surface area contributed by atoms with Crippen LogP contribution >= 0.6 is 0 Å². The normalized spacial score (nSPS) is 19.3. The van der Waals surface area contributed by atoms with Crippen LogP contribution in [0.3, 0.4) is 0 Å². The molecule has 0 radical (unpaired) electrons. The number of likely N-dealkylation sites (tertiary alicyclic amines) is 1. The molecule has 9 heteroatoms. The van der Waals surface area contributed by atoms with E-state index in [0.29, 0.717) is 40.3 Å². The fourth-order valence-corrected chi connectivity index (χ4v) is 5.08. The van der Waals surface area contributed by atoms with Gasteiger partial charge in [0.1, 0.15) is 11.4 Å². The van der Waals surface area contributed by atoms with Crippen LogP contribution in [-0.4, -0.2) is 66.0 Å². The number of benzene rings is 1. The van der Waals surface area contributed by atoms with Gasteiger partial charge in [0.05, 0.1) is 11.4 Å². The third-order valence-electron chi connectivity index (χ3n) is 7.30. The highest BCUT2D eigenvalue weighted by atomic mass is 16.2. The number of amides is 2. The van der Waals surface area contributed by atoms with Gasteiger partial charge in [0.25, 0.3) is 11.8 Å². The summed E-state index contributed by atoms with van der Waals surface area (Å²) >= 11 is 0. The molecular weight excluding hydrogens is 430 g/mol. The quantitative estimate of drug-likeness (QED) is 0.639. The van der Waals surface area contributed by atoms with Crippen molar-refractivity contribution in [1.82, 2.24) is 20.2 Å². The summed E-state index contributed by atoms with van der Waals surface area (Å²) in [5.74, 6) is 0.674. The van der Waals surface area contributed by atoms with Gasteiger partial charge in [0, 0.05) is 30.9 Å². The minimum atomic E-state index is -0.292. The zero-order valence-corrected chi connectivity index (χ0v) is 19.9. The summed E-state index contributed by atoms with van der Waals surface area (Å²) in [5, 5.41) is 9.34. The number of aromatic nitrogens is 2. The zero-order valence-electron chi connectivity index (χ0n) is 19.9. The Morgan fingerprint density at radius 1 is 1.09 bits per heavy atom. The Bertz CT molecular complexity index is 1070. The highest BCUT2D eigenvalue weighted by Crippen LogP contribution is 2.33. The molecule has 2 aliphatic heterocycles. The molecular formula is C25H33N7O2. The van der Waals surface area contributed by atoms with Crippen molar-refractivity contribution >= 4 is 35.0 Å². The van der Waals surface area contributed by atoms with Crippen LogP contribution in [0.1, 0.15) is 65.7 Å². The van der Waals surface area contributed by atoms with Crippen molar-refractivity contribution < 1.29 is 9.59 Å². The second-order valence-electron chi connectivity index (χ2n) is 9.73. The van der Waals surface area contributed by atoms with Crippen molar-refractivity contribution in [1.29, 1.82) is 0 Å². The largest absolute Gasteiger partial charge is 0.349 e. The third kappa shape index (κ3) is 4.70. The van der Waals surface area contributed by atoms with Gasteiger partial charge in [-0.3, -0.25) is 9.59 Å². The Morgan fingerprint density at radius 2 is 1.85 bits per heavy atom. The first-order valence-electron chi connectivity index (χ1n) is 12.3. The van der Waals surface area contributed by atoms with Crippen LogP contribution in [0.4, 0.5) is 23.1 Å². The second kappa shape index (κ2) is 9.58. The maximum Gasteiger partial charge on any atom is 0.261 e. The summed E-state index contributed by atoms with van der Waals surface area (Å²) in [5.41, 5.74) is 2.17. The molecule has 1 aromatic heterocycles. The van der Waals surface area contributed by atoms with Crippen molar-refractivity contribution in [2.45, 2.75) is 57.0 Å². The van der Waals surface area contributed by atoms with Gasteiger partial charge in [-0.1, -0.05) is 19.3 Å². The molecule has 0 bridgehead atoms. The monoisotopic (exact) mass is 463 g/mol. The Morgan fingerprint density at radius 3 is 2.62 bits per heavy atom. The maximum atomic E-state index is 12.9. The van der Waals surface area contributed by atoms with Crippen molar-refractivity contribution in [2.24, 2.45) is 0 Å². The van der Waals surface area contributed by atoms with E-state index in [1.54, 1.807) is 18.3 Å². The Hall–Kier alpha value is -3.20. The van der Waals surface area contributed by atoms with E-state index >= 15 is 0 Å². The molecule has 2 aromatic rings. The summed E-state index contributed by atoms with van der Waals surface area (Å²) in [6, 6.07) is 5.93. The first-order chi connectivity index (χ1) is 16.5. The van der Waals surface area contributed by atoms with Gasteiger partial charge in [-0.15, -0.1) is 0 Å². The van der Waals surface area contributed by atoms with E-state index in [0.717, 1.165) is 51.6 Å². The standard InChI is InChI=1S/C25H33N7O2/c1-31-12-10-18(11-13-31)32(2)25-26-15-19-22(30-25)28-20-9-8-16(14-21(20)29-24(19)34)23(33)27-17-6-4-3-5-7-17/h8-9,14-15,17-18H,3-7,10-13H2,1-2H3,(H,27,33)(H,29,34)(H,26,28,30). The predicted molar refractivity (Wildman–Crippen MR) is 133 cm³/mol. The topological polar surface area (TPSA) is 102 Å². The minimum Gasteiger partial charge on any atom is -0.349 e. The summed E-state index contributed by atoms with van der Waals surface area (Å²) in [4.78, 5) is 39.4. The van der Waals surface area contributed by atoms with Crippen LogP contribution < -0.4 is 20.9 Å². The fourth-order valence-electron chi connectivity index (χ4n) is 5.08. The van der Waals surface area contributed by atoms with E-state index in [-0.39, 0.29) is 17.9 Å². The van der Waals surface area contributed by atoms with Crippen LogP contribution in [0.25, 0.3) is 0 Å². The van der Waals surface area contributed by atoms with E-state index in [1.807, 2.05) is 13.1 Å². The van der Waals surface area contributed by atoms with Gasteiger partial charge in [-0.05, 0) is 64.0 Å². The molecule has 1 saturated carbocycles. The van der Waals surface area contributed by atoms with E-state index < -0.39 is 0 Å². The van der Waals surface area contributed by atoms with Gasteiger partial charge in [0.2, 0.25) is 5.95 Å². The van der Waals surface area contributed by atoms with Crippen LogP contribution in [0.2, 0.25) is 0 Å². The van der Waals surface area contributed by atoms with E-state index in [1.165, 1.54) is 6.42 Å². The molecule has 9 nitrogen and oxygen atoms in total. The average Bonchev–Trinajstić information content (AvgIpc) is 2.99. The molecule has 2 fully saturated rings. The van der Waals surface area contributed by atoms with Crippen molar-refractivity contribution in [2.75, 3.05) is 42.7 Å². The number of hydrogen-bond donors (Lipinski definition) is 3. The third-order valence-corrected chi connectivity index (χ3v) is 7.30. The molecule has 3 N–H and O–H groups in total. The summed E-state index contributed by atoms with van der Waals surface area (Å²) in [6.45, 7) is 2.09. The number of fused-ring (bicyclic) bond motifs is 2. The van der Waals surface area contributed by atoms with Crippen molar-refractivity contribution in [3.8, 4) is 0 Å². The Labute approximate surface area is 200 Å². The van der Waals surface area contributed by atoms with Gasteiger partial charge < -0.3 is 25.8 Å². The number of carbonyl (C=O) groups excluding carboxylic acids is 2. The van der Waals surface area contributed by atoms with Gasteiger partial charge >= 0.3 is 0 Å². The molecule has 5 rings (SSSR count). The molecule has 1 aliphatic carbocycles. The van der Waals surface area contributed by atoms with Gasteiger partial charge in [-0.2, -0.15) is 4.98 Å². The fraction of sp³-hybridized carbons (Fsp3) is 0.520. The lowest BCUT2D eigenvalue weighted by Crippen LogP contribution is -2.42. The molecule has 3 heterocycles. The Balaban J connectivity index is 1.34. The lowest BCUT2D eigenvalue weighted by molar-refractivity contribution is 0.0926. The first-order valence-corrected chi connectivity index (χ1v) is 12.3. The SMILES string of the molecule is CN1CCC(N(C)c2ncc3c(n2)Nc2ccc(C(=O)NC4CCCCC4)cc2NC3=O)CC1. The van der Waals surface area contributed by atoms with E-state index in [9.17, 15) is 9.59 Å². The molecule has 0 unspecified atom stereocenters. The zero-order chi connectivity index (χ0) is 23.7. The van der Waals surface area contributed by atoms with Crippen LogP contribution in [0.5, 0.6) is 0 Å². The molecule has 0 atom stereocenters. The van der Waals surface area contributed by atoms with Gasteiger partial charge in [0.15, 0.2) is 0 Å². The highest BCUT2D eigenvalue weighted by Gasteiger charge is 2.26. The number of piperidine rings is 1. The van der Waals surface area contributed by atoms with Crippen LogP contribution in [0, 0.1) is 0 Å². The molecule has 2 amide bonds. The lowest BCUT2D eigenvalue weighted by atomic mass is 9.95. The van der Waals surface area contributed by atoms with Crippen molar-refractivity contribution in [3.63, 3.8) is 0 Å². The number of nitrogens with zero attached hydrogens (tertiary/aromatic N) is 4. The van der Waals surface area contributed by atoms with Crippen LogP contribution in [0.15, 0.2) is 24.4 Å². The second-order valence-corrected chi connectivity index (χ2v) is 9.73. The number of rotatable bonds is 4. The summed E-state index contributed by atoms with van der Waals surface area (Å²) in [6.07, 6.45) is 9.28. The minimum absolute atomic E-state index is 0.104. The van der Waals surface area contributed by atoms with Crippen molar-refractivity contribution in [3.05, 3.63) is 35.5 Å². The number of anilines is 4. The lowest BCUT2D eigenvalue weighted by Gasteiger charge is -2.35. The molecule has 0 spiro atoms. The first kappa shape index (κ1) is 22.6. The molecule has 3 aliphatic rings. The molecule has 1 saturated heterocycles. The van der Waals surface area contributed by atoms with Crippen LogP contribution in [-0.2, 0) is 0 Å². The number of carbonyl (C=O) groups is 2. The Kier molecular flexibility index (Phi) is 6.36. The van der Waals surface area contributed by atoms with E-state index in [2.05, 4.69) is 37.8 Å². The number of nitrogens with one attached hydrogen (secondary N) is 3. The average molecular weight is 464 g/mol. The highest BCUT2D eigenvalue weighted by molar-refractivity contribution is 6.12. The summed E-state index contributed by atoms with van der Waals surface area (Å²) < 4.78 is 0. The molecule has 1 aromatic carbocycles. The number of hydrogen-bond acceptors (Lipinski definition) is 7. The maximum absolute atomic E-state index is 12.9. The van der Waals surface area contributed by atoms with Gasteiger partial charge in [-0.25, -0.2) is 4.98 Å².